The van der Waals surface area contributed by atoms with Gasteiger partial charge in [0.1, 0.15) is 5.82 Å². The van der Waals surface area contributed by atoms with Crippen LogP contribution >= 0.6 is 0 Å². The Bertz CT molecular complexity index is 785. The van der Waals surface area contributed by atoms with Gasteiger partial charge in [-0.05, 0) is 37.5 Å². The largest absolute Gasteiger partial charge is 0.354 e. The molecule has 0 aliphatic heterocycles. The number of carbonyl (C=O) groups is 2. The lowest BCUT2D eigenvalue weighted by molar-refractivity contribution is -0.125. The van der Waals surface area contributed by atoms with Gasteiger partial charge in [0.25, 0.3) is 5.91 Å². The fourth-order valence-corrected chi connectivity index (χ4v) is 2.71. The summed E-state index contributed by atoms with van der Waals surface area (Å²) in [6.45, 7) is 4.66. The summed E-state index contributed by atoms with van der Waals surface area (Å²) in [6, 6.07) is 4.09. The third kappa shape index (κ3) is 5.15. The molecule has 1 unspecified atom stereocenters. The Morgan fingerprint density at radius 3 is 2.73 bits per heavy atom. The maximum atomic E-state index is 13.1. The van der Waals surface area contributed by atoms with Gasteiger partial charge in [-0.25, -0.2) is 9.37 Å². The van der Waals surface area contributed by atoms with Crippen molar-refractivity contribution in [3.63, 3.8) is 0 Å². The highest BCUT2D eigenvalue weighted by Gasteiger charge is 2.18. The molecule has 1 aromatic carbocycles. The lowest BCUT2D eigenvalue weighted by Gasteiger charge is -2.17. The third-order valence-electron chi connectivity index (χ3n) is 4.01. The summed E-state index contributed by atoms with van der Waals surface area (Å²) in [7, 11) is 0. The van der Waals surface area contributed by atoms with Crippen molar-refractivity contribution in [1.29, 1.82) is 0 Å². The molecule has 26 heavy (non-hydrogen) atoms. The van der Waals surface area contributed by atoms with Crippen molar-refractivity contribution in [1.82, 2.24) is 20.6 Å². The van der Waals surface area contributed by atoms with Crippen LogP contribution in [-0.2, 0) is 4.79 Å². The highest BCUT2D eigenvalue weighted by Crippen LogP contribution is 2.17. The Labute approximate surface area is 152 Å². The summed E-state index contributed by atoms with van der Waals surface area (Å²) in [5.74, 6) is -0.608. The number of carbonyl (C=O) groups excluding carboxylic acids is 2. The van der Waals surface area contributed by atoms with Crippen molar-refractivity contribution in [3.8, 4) is 0 Å². The van der Waals surface area contributed by atoms with Crippen molar-refractivity contribution in [2.75, 3.05) is 13.1 Å². The average Bonchev–Trinajstić information content (AvgIpc) is 3.10. The molecule has 0 spiro atoms. The van der Waals surface area contributed by atoms with E-state index in [1.165, 1.54) is 18.2 Å². The normalized spacial score (nSPS) is 15.9. The third-order valence-corrected chi connectivity index (χ3v) is 4.01. The number of benzene rings is 1. The van der Waals surface area contributed by atoms with Gasteiger partial charge in [-0.1, -0.05) is 26.0 Å². The number of imidazole rings is 1. The van der Waals surface area contributed by atoms with Gasteiger partial charge in [0.05, 0.1) is 11.0 Å². The van der Waals surface area contributed by atoms with E-state index in [0.29, 0.717) is 24.1 Å². The minimum atomic E-state index is -0.390. The van der Waals surface area contributed by atoms with Crippen LogP contribution in [0.4, 0.5) is 4.39 Å². The van der Waals surface area contributed by atoms with Crippen LogP contribution in [0.2, 0.25) is 0 Å². The number of H-pyrrole nitrogens is 1. The molecule has 1 aliphatic rings. The van der Waals surface area contributed by atoms with Gasteiger partial charge in [-0.3, -0.25) is 9.59 Å². The number of fused-ring (bicyclic) bond motifs is 1. The number of hydrogen-bond donors (Lipinski definition) is 3. The quantitative estimate of drug-likeness (QED) is 0.566. The molecule has 7 heteroatoms. The molecular weight excluding hydrogens is 335 g/mol. The summed E-state index contributed by atoms with van der Waals surface area (Å²) >= 11 is 0. The molecule has 1 aromatic heterocycles. The van der Waals surface area contributed by atoms with E-state index >= 15 is 0 Å². The van der Waals surface area contributed by atoms with Crippen molar-refractivity contribution in [3.05, 3.63) is 42.0 Å². The molecule has 140 valence electrons. The van der Waals surface area contributed by atoms with E-state index in [2.05, 4.69) is 26.7 Å². The fourth-order valence-electron chi connectivity index (χ4n) is 2.71. The maximum Gasteiger partial charge on any atom is 0.287 e. The first-order valence-corrected chi connectivity index (χ1v) is 8.99. The summed E-state index contributed by atoms with van der Waals surface area (Å²) < 4.78 is 13.1. The van der Waals surface area contributed by atoms with Crippen LogP contribution in [0.3, 0.4) is 0 Å². The summed E-state index contributed by atoms with van der Waals surface area (Å²) in [6.07, 6.45) is 6.68. The molecule has 0 saturated heterocycles. The molecule has 1 atom stereocenters. The molecule has 2 aromatic rings. The zero-order chi connectivity index (χ0) is 18.9. The van der Waals surface area contributed by atoms with E-state index in [9.17, 15) is 14.0 Å². The summed E-state index contributed by atoms with van der Waals surface area (Å²) in [5.41, 5.74) is 0.999. The number of aromatic amines is 1. The number of amides is 2. The van der Waals surface area contributed by atoms with Crippen LogP contribution in [-0.4, -0.2) is 34.9 Å². The van der Waals surface area contributed by atoms with E-state index in [1.54, 1.807) is 0 Å². The van der Waals surface area contributed by atoms with Crippen molar-refractivity contribution < 1.29 is 14.0 Å². The smallest absolute Gasteiger partial charge is 0.287 e. The predicted octanol–water partition coefficient (Wildman–Crippen LogP) is 2.93. The molecule has 1 heterocycles. The SMILES string of the molecule is CC.O=C(NCCNC(=O)C1CC=CCC1)c1nc2ccc(F)cc2[nH]1. The first-order valence-electron chi connectivity index (χ1n) is 8.99. The Morgan fingerprint density at radius 2 is 2.00 bits per heavy atom. The molecule has 0 saturated carbocycles. The van der Waals surface area contributed by atoms with Gasteiger partial charge in [0.15, 0.2) is 5.82 Å². The number of allylic oxidation sites excluding steroid dienone is 2. The van der Waals surface area contributed by atoms with E-state index < -0.39 is 5.82 Å². The zero-order valence-electron chi connectivity index (χ0n) is 15.1. The lowest BCUT2D eigenvalue weighted by Crippen LogP contribution is -2.38. The molecule has 0 radical (unpaired) electrons. The first-order chi connectivity index (χ1) is 12.6. The lowest BCUT2D eigenvalue weighted by atomic mass is 9.94. The summed E-state index contributed by atoms with van der Waals surface area (Å²) in [4.78, 5) is 30.9. The van der Waals surface area contributed by atoms with Crippen molar-refractivity contribution in [2.24, 2.45) is 5.92 Å². The topological polar surface area (TPSA) is 86.9 Å². The Kier molecular flexibility index (Phi) is 7.32. The molecule has 3 rings (SSSR count). The second-order valence-corrected chi connectivity index (χ2v) is 5.78. The zero-order valence-corrected chi connectivity index (χ0v) is 15.1. The van der Waals surface area contributed by atoms with Crippen LogP contribution in [0.1, 0.15) is 43.7 Å². The van der Waals surface area contributed by atoms with Crippen LogP contribution in [0.5, 0.6) is 0 Å². The number of aromatic nitrogens is 2. The fraction of sp³-hybridized carbons (Fsp3) is 0.421. The first kappa shape index (κ1) is 19.6. The summed E-state index contributed by atoms with van der Waals surface area (Å²) in [5, 5.41) is 5.50. The van der Waals surface area contributed by atoms with E-state index in [-0.39, 0.29) is 23.6 Å². The van der Waals surface area contributed by atoms with Gasteiger partial charge < -0.3 is 15.6 Å². The second-order valence-electron chi connectivity index (χ2n) is 5.78. The maximum absolute atomic E-state index is 13.1. The number of rotatable bonds is 5. The average molecular weight is 360 g/mol. The minimum Gasteiger partial charge on any atom is -0.354 e. The van der Waals surface area contributed by atoms with Crippen molar-refractivity contribution >= 4 is 22.8 Å². The van der Waals surface area contributed by atoms with Crippen LogP contribution < -0.4 is 10.6 Å². The van der Waals surface area contributed by atoms with Crippen LogP contribution in [0.15, 0.2) is 30.4 Å². The Morgan fingerprint density at radius 1 is 1.23 bits per heavy atom. The monoisotopic (exact) mass is 360 g/mol. The van der Waals surface area contributed by atoms with E-state index in [1.807, 2.05) is 19.9 Å². The Hall–Kier alpha value is -2.70. The molecule has 0 fully saturated rings. The standard InChI is InChI=1S/C17H19FN4O2.C2H6/c18-12-6-7-13-14(10-12)22-15(21-13)17(24)20-9-8-19-16(23)11-4-2-1-3-5-11;1-2/h1-2,6-7,10-11H,3-5,8-9H2,(H,19,23)(H,20,24)(H,21,22);1-2H3. The second kappa shape index (κ2) is 9.70. The van der Waals surface area contributed by atoms with Gasteiger partial charge >= 0.3 is 0 Å². The Balaban J connectivity index is 0.00000117. The molecular formula is C19H25FN4O2. The van der Waals surface area contributed by atoms with Gasteiger partial charge in [0.2, 0.25) is 5.91 Å². The van der Waals surface area contributed by atoms with Gasteiger partial charge in [-0.2, -0.15) is 0 Å². The van der Waals surface area contributed by atoms with Crippen LogP contribution in [0.25, 0.3) is 11.0 Å². The number of nitrogens with one attached hydrogen (secondary N) is 3. The van der Waals surface area contributed by atoms with Crippen LogP contribution in [0, 0.1) is 11.7 Å². The number of nitrogens with zero attached hydrogens (tertiary/aromatic N) is 1. The minimum absolute atomic E-state index is 0.0211. The molecule has 1 aliphatic carbocycles. The van der Waals surface area contributed by atoms with Gasteiger partial charge in [0, 0.05) is 19.0 Å². The predicted molar refractivity (Wildman–Crippen MR) is 99.2 cm³/mol. The number of hydrogen-bond acceptors (Lipinski definition) is 3. The molecule has 0 bridgehead atoms. The highest BCUT2D eigenvalue weighted by atomic mass is 19.1. The van der Waals surface area contributed by atoms with Gasteiger partial charge in [-0.15, -0.1) is 0 Å². The van der Waals surface area contributed by atoms with E-state index in [4.69, 9.17) is 0 Å². The van der Waals surface area contributed by atoms with E-state index in [0.717, 1.165) is 19.3 Å². The molecule has 3 N–H and O–H groups in total. The van der Waals surface area contributed by atoms with Crippen molar-refractivity contribution in [2.45, 2.75) is 33.1 Å². The number of halogens is 1. The molecule has 2 amide bonds. The highest BCUT2D eigenvalue weighted by molar-refractivity contribution is 5.94. The molecule has 6 nitrogen and oxygen atoms in total.